The molecular formula is C16H22FN. The molecule has 2 rings (SSSR count). The quantitative estimate of drug-likeness (QED) is 0.841. The molecular weight excluding hydrogens is 225 g/mol. The van der Waals surface area contributed by atoms with E-state index in [4.69, 9.17) is 0 Å². The van der Waals surface area contributed by atoms with Crippen LogP contribution in [0, 0.1) is 18.7 Å². The Balaban J connectivity index is 1.97. The normalized spacial score (nSPS) is 23.7. The second-order valence-corrected chi connectivity index (χ2v) is 5.54. The predicted molar refractivity (Wildman–Crippen MR) is 74.7 cm³/mol. The molecule has 0 atom stereocenters. The summed E-state index contributed by atoms with van der Waals surface area (Å²) >= 11 is 0. The van der Waals surface area contributed by atoms with Crippen LogP contribution in [0.25, 0.3) is 5.70 Å². The molecule has 0 amide bonds. The third kappa shape index (κ3) is 3.12. The summed E-state index contributed by atoms with van der Waals surface area (Å²) in [6.07, 6.45) is 4.92. The SMILES string of the molecule is C=C(NC1CCC(C)CC1)c1ccc(C)c(F)c1. The fourth-order valence-corrected chi connectivity index (χ4v) is 2.51. The lowest BCUT2D eigenvalue weighted by Crippen LogP contribution is -2.31. The Hall–Kier alpha value is -1.31. The van der Waals surface area contributed by atoms with Gasteiger partial charge in [-0.25, -0.2) is 4.39 Å². The van der Waals surface area contributed by atoms with Crippen molar-refractivity contribution in [1.29, 1.82) is 0 Å². The standard InChI is InChI=1S/C16H22FN/c1-11-4-8-15(9-5-11)18-13(3)14-7-6-12(2)16(17)10-14/h6-7,10-11,15,18H,3-5,8-9H2,1-2H3. The van der Waals surface area contributed by atoms with Crippen molar-refractivity contribution in [3.05, 3.63) is 41.7 Å². The van der Waals surface area contributed by atoms with E-state index in [1.54, 1.807) is 19.1 Å². The lowest BCUT2D eigenvalue weighted by Gasteiger charge is -2.28. The van der Waals surface area contributed by atoms with Crippen molar-refractivity contribution >= 4 is 5.70 Å². The summed E-state index contributed by atoms with van der Waals surface area (Å²) in [5, 5.41) is 3.44. The van der Waals surface area contributed by atoms with Gasteiger partial charge in [0.25, 0.3) is 0 Å². The van der Waals surface area contributed by atoms with Crippen LogP contribution >= 0.6 is 0 Å². The highest BCUT2D eigenvalue weighted by Gasteiger charge is 2.18. The van der Waals surface area contributed by atoms with Gasteiger partial charge in [0.05, 0.1) is 0 Å². The van der Waals surface area contributed by atoms with Crippen molar-refractivity contribution in [3.8, 4) is 0 Å². The minimum absolute atomic E-state index is 0.160. The molecule has 1 aliphatic rings. The van der Waals surface area contributed by atoms with Gasteiger partial charge in [0.15, 0.2) is 0 Å². The zero-order chi connectivity index (χ0) is 13.1. The molecule has 18 heavy (non-hydrogen) atoms. The zero-order valence-corrected chi connectivity index (χ0v) is 11.3. The molecule has 0 saturated heterocycles. The van der Waals surface area contributed by atoms with Crippen LogP contribution in [0.5, 0.6) is 0 Å². The van der Waals surface area contributed by atoms with Gasteiger partial charge in [-0.05, 0) is 55.7 Å². The molecule has 0 unspecified atom stereocenters. The first kappa shape index (κ1) is 13.1. The van der Waals surface area contributed by atoms with Gasteiger partial charge in [-0.2, -0.15) is 0 Å². The third-order valence-corrected chi connectivity index (χ3v) is 3.91. The van der Waals surface area contributed by atoms with E-state index in [1.807, 2.05) is 6.07 Å². The van der Waals surface area contributed by atoms with Gasteiger partial charge < -0.3 is 5.32 Å². The lowest BCUT2D eigenvalue weighted by molar-refractivity contribution is 0.328. The highest BCUT2D eigenvalue weighted by atomic mass is 19.1. The Kier molecular flexibility index (Phi) is 4.05. The van der Waals surface area contributed by atoms with Gasteiger partial charge in [-0.3, -0.25) is 0 Å². The van der Waals surface area contributed by atoms with Crippen LogP contribution < -0.4 is 5.32 Å². The molecule has 1 fully saturated rings. The molecule has 0 aromatic heterocycles. The van der Waals surface area contributed by atoms with Gasteiger partial charge in [0.1, 0.15) is 5.82 Å². The van der Waals surface area contributed by atoms with E-state index < -0.39 is 0 Å². The molecule has 1 nitrogen and oxygen atoms in total. The number of nitrogens with one attached hydrogen (secondary N) is 1. The Labute approximate surface area is 109 Å². The van der Waals surface area contributed by atoms with Crippen LogP contribution in [0.3, 0.4) is 0 Å². The summed E-state index contributed by atoms with van der Waals surface area (Å²) in [5.74, 6) is 0.681. The van der Waals surface area contributed by atoms with Crippen molar-refractivity contribution in [3.63, 3.8) is 0 Å². The van der Waals surface area contributed by atoms with Crippen LogP contribution in [0.1, 0.15) is 43.7 Å². The van der Waals surface area contributed by atoms with Crippen molar-refractivity contribution < 1.29 is 4.39 Å². The molecule has 98 valence electrons. The number of benzene rings is 1. The fraction of sp³-hybridized carbons (Fsp3) is 0.500. The van der Waals surface area contributed by atoms with E-state index in [1.165, 1.54) is 25.7 Å². The molecule has 1 aromatic carbocycles. The molecule has 0 bridgehead atoms. The largest absolute Gasteiger partial charge is 0.382 e. The first-order valence-corrected chi connectivity index (χ1v) is 6.78. The van der Waals surface area contributed by atoms with Gasteiger partial charge in [0.2, 0.25) is 0 Å². The summed E-state index contributed by atoms with van der Waals surface area (Å²) < 4.78 is 13.5. The summed E-state index contributed by atoms with van der Waals surface area (Å²) in [4.78, 5) is 0. The van der Waals surface area contributed by atoms with E-state index in [0.717, 1.165) is 17.2 Å². The summed E-state index contributed by atoms with van der Waals surface area (Å²) in [6.45, 7) is 8.11. The number of hydrogen-bond donors (Lipinski definition) is 1. The lowest BCUT2D eigenvalue weighted by atomic mass is 9.87. The number of halogens is 1. The van der Waals surface area contributed by atoms with E-state index >= 15 is 0 Å². The summed E-state index contributed by atoms with van der Waals surface area (Å²) in [7, 11) is 0. The second kappa shape index (κ2) is 5.55. The Bertz CT molecular complexity index is 431. The van der Waals surface area contributed by atoms with Crippen molar-refractivity contribution in [2.45, 2.75) is 45.6 Å². The maximum absolute atomic E-state index is 13.5. The minimum atomic E-state index is -0.160. The highest BCUT2D eigenvalue weighted by Crippen LogP contribution is 2.25. The Morgan fingerprint density at radius 2 is 1.94 bits per heavy atom. The Morgan fingerprint density at radius 3 is 2.56 bits per heavy atom. The molecule has 1 aromatic rings. The van der Waals surface area contributed by atoms with Gasteiger partial charge in [-0.1, -0.05) is 25.6 Å². The fourth-order valence-electron chi connectivity index (χ4n) is 2.51. The molecule has 0 heterocycles. The maximum atomic E-state index is 13.5. The van der Waals surface area contributed by atoms with E-state index in [9.17, 15) is 4.39 Å². The van der Waals surface area contributed by atoms with E-state index in [-0.39, 0.29) is 5.82 Å². The molecule has 0 aliphatic heterocycles. The van der Waals surface area contributed by atoms with Gasteiger partial charge in [0, 0.05) is 11.7 Å². The number of hydrogen-bond acceptors (Lipinski definition) is 1. The predicted octanol–water partition coefficient (Wildman–Crippen LogP) is 4.27. The molecule has 1 saturated carbocycles. The monoisotopic (exact) mass is 247 g/mol. The smallest absolute Gasteiger partial charge is 0.126 e. The van der Waals surface area contributed by atoms with Crippen LogP contribution in [0.4, 0.5) is 4.39 Å². The zero-order valence-electron chi connectivity index (χ0n) is 11.3. The topological polar surface area (TPSA) is 12.0 Å². The highest BCUT2D eigenvalue weighted by molar-refractivity contribution is 5.62. The van der Waals surface area contributed by atoms with Crippen molar-refractivity contribution in [2.24, 2.45) is 5.92 Å². The molecule has 1 N–H and O–H groups in total. The first-order chi connectivity index (χ1) is 8.56. The average Bonchev–Trinajstić information content (AvgIpc) is 2.35. The van der Waals surface area contributed by atoms with Gasteiger partial charge in [-0.15, -0.1) is 0 Å². The van der Waals surface area contributed by atoms with Crippen LogP contribution in [-0.2, 0) is 0 Å². The first-order valence-electron chi connectivity index (χ1n) is 6.78. The third-order valence-electron chi connectivity index (χ3n) is 3.91. The summed E-state index contributed by atoms with van der Waals surface area (Å²) in [5.41, 5.74) is 2.38. The molecule has 0 spiro atoms. The maximum Gasteiger partial charge on any atom is 0.126 e. The molecule has 1 aliphatic carbocycles. The van der Waals surface area contributed by atoms with Crippen LogP contribution in [0.15, 0.2) is 24.8 Å². The van der Waals surface area contributed by atoms with Crippen LogP contribution in [0.2, 0.25) is 0 Å². The van der Waals surface area contributed by atoms with E-state index in [0.29, 0.717) is 11.6 Å². The van der Waals surface area contributed by atoms with Crippen molar-refractivity contribution in [2.75, 3.05) is 0 Å². The van der Waals surface area contributed by atoms with Gasteiger partial charge >= 0.3 is 0 Å². The van der Waals surface area contributed by atoms with E-state index in [2.05, 4.69) is 18.8 Å². The molecule has 2 heteroatoms. The van der Waals surface area contributed by atoms with Crippen LogP contribution in [-0.4, -0.2) is 6.04 Å². The number of aryl methyl sites for hydroxylation is 1. The number of rotatable bonds is 3. The summed E-state index contributed by atoms with van der Waals surface area (Å²) in [6, 6.07) is 5.80. The average molecular weight is 247 g/mol. The molecule has 0 radical (unpaired) electrons. The minimum Gasteiger partial charge on any atom is -0.382 e. The second-order valence-electron chi connectivity index (χ2n) is 5.54. The van der Waals surface area contributed by atoms with Crippen molar-refractivity contribution in [1.82, 2.24) is 5.32 Å². The Morgan fingerprint density at radius 1 is 1.28 bits per heavy atom.